The summed E-state index contributed by atoms with van der Waals surface area (Å²) < 4.78 is 4.54. The largest absolute Gasteiger partial charge is 0.236 e. The van der Waals surface area contributed by atoms with Crippen LogP contribution in [0.3, 0.4) is 0 Å². The molecule has 1 aromatic heterocycles. The molecule has 0 saturated heterocycles. The Morgan fingerprint density at radius 2 is 0.800 bits per heavy atom. The van der Waals surface area contributed by atoms with E-state index in [1.165, 1.54) is 81.9 Å². The fourth-order valence-corrected chi connectivity index (χ4v) is 8.59. The molecule has 1 heterocycles. The molecule has 10 aromatic carbocycles. The third-order valence-corrected chi connectivity index (χ3v) is 11.2. The van der Waals surface area contributed by atoms with Gasteiger partial charge in [-0.15, -0.1) is 4.68 Å². The van der Waals surface area contributed by atoms with Crippen molar-refractivity contribution in [3.8, 4) is 44.8 Å². The molecule has 11 aromatic rings. The highest BCUT2D eigenvalue weighted by atomic mass is 15.4. The monoisotopic (exact) mass is 699 g/mol. The fourth-order valence-electron chi connectivity index (χ4n) is 8.59. The maximum atomic E-state index is 2.42. The molecule has 0 bridgehead atoms. The van der Waals surface area contributed by atoms with Gasteiger partial charge in [0.1, 0.15) is 11.2 Å². The molecule has 2 heteroatoms. The molecule has 0 spiro atoms. The van der Waals surface area contributed by atoms with E-state index in [-0.39, 0.29) is 0 Å². The third kappa shape index (κ3) is 5.22. The molecule has 0 N–H and O–H groups in total. The van der Waals surface area contributed by atoms with Gasteiger partial charge in [-0.25, -0.2) is 0 Å². The van der Waals surface area contributed by atoms with Gasteiger partial charge in [-0.2, -0.15) is 0 Å². The van der Waals surface area contributed by atoms with Crippen LogP contribution in [0, 0.1) is 0 Å². The molecule has 55 heavy (non-hydrogen) atoms. The van der Waals surface area contributed by atoms with E-state index >= 15 is 0 Å². The Morgan fingerprint density at radius 3 is 1.45 bits per heavy atom. The van der Waals surface area contributed by atoms with Crippen molar-refractivity contribution in [2.45, 2.75) is 0 Å². The zero-order chi connectivity index (χ0) is 36.3. The summed E-state index contributed by atoms with van der Waals surface area (Å²) in [7, 11) is 0. The Hall–Kier alpha value is -7.29. The SMILES string of the molecule is c1ccc(-[n+]2cc3ccccc3n2-c2ccc(-c3ccc4c(-c5ccc6ccccc6c5)c5ccccc5c(-c5ccc6ccccc6c5)c4c3)cc2)cc1. The topological polar surface area (TPSA) is 8.81 Å². The molecule has 0 saturated carbocycles. The van der Waals surface area contributed by atoms with E-state index in [2.05, 4.69) is 222 Å². The molecule has 0 unspecified atom stereocenters. The molecule has 0 atom stereocenters. The van der Waals surface area contributed by atoms with Crippen molar-refractivity contribution in [3.63, 3.8) is 0 Å². The van der Waals surface area contributed by atoms with E-state index < -0.39 is 0 Å². The molecule has 11 rings (SSSR count). The van der Waals surface area contributed by atoms with Gasteiger partial charge in [-0.05, 0) is 119 Å². The number of hydrogen-bond acceptors (Lipinski definition) is 0. The molecular weight excluding hydrogens is 665 g/mol. The van der Waals surface area contributed by atoms with Crippen molar-refractivity contribution >= 4 is 54.0 Å². The van der Waals surface area contributed by atoms with Crippen LogP contribution in [-0.4, -0.2) is 4.68 Å². The fraction of sp³-hybridized carbons (Fsp3) is 0. The summed E-state index contributed by atoms with van der Waals surface area (Å²) in [5.41, 5.74) is 10.7. The van der Waals surface area contributed by atoms with E-state index in [0.29, 0.717) is 0 Å². The zero-order valence-electron chi connectivity index (χ0n) is 30.1. The highest BCUT2D eigenvalue weighted by molar-refractivity contribution is 6.22. The van der Waals surface area contributed by atoms with Crippen LogP contribution in [0.2, 0.25) is 0 Å². The molecule has 2 nitrogen and oxygen atoms in total. The lowest BCUT2D eigenvalue weighted by Gasteiger charge is -2.19. The second kappa shape index (κ2) is 12.7. The number of rotatable bonds is 5. The summed E-state index contributed by atoms with van der Waals surface area (Å²) in [6, 6.07) is 75.3. The Bertz CT molecular complexity index is 3240. The smallest absolute Gasteiger partial charge is 0.115 e. The predicted octanol–water partition coefficient (Wildman–Crippen LogP) is 13.5. The Balaban J connectivity index is 1.13. The van der Waals surface area contributed by atoms with Crippen LogP contribution >= 0.6 is 0 Å². The molecule has 0 aliphatic carbocycles. The van der Waals surface area contributed by atoms with Gasteiger partial charge in [-0.1, -0.05) is 156 Å². The van der Waals surface area contributed by atoms with Crippen LogP contribution < -0.4 is 4.68 Å². The lowest BCUT2D eigenvalue weighted by Crippen LogP contribution is -2.39. The number of para-hydroxylation sites is 2. The summed E-state index contributed by atoms with van der Waals surface area (Å²) in [5, 5.41) is 11.2. The van der Waals surface area contributed by atoms with Crippen LogP contribution in [0.5, 0.6) is 0 Å². The standard InChI is InChI=1S/C53H35N2/c1-2-17-45(18-3-1)54-35-44-16-8-11-21-51(44)55(54)46-29-26-38(27-30-46)41-28-31-49-50(34-41)53(43-25-23-37-13-5-7-15-40(37)33-43)48-20-10-9-19-47(48)52(49)42-24-22-36-12-4-6-14-39(36)32-42/h1-35H/q+1. The van der Waals surface area contributed by atoms with Gasteiger partial charge in [0.2, 0.25) is 11.9 Å². The molecule has 256 valence electrons. The zero-order valence-corrected chi connectivity index (χ0v) is 30.1. The molecular formula is C53H35N2+. The van der Waals surface area contributed by atoms with Crippen LogP contribution in [0.25, 0.3) is 98.7 Å². The Morgan fingerprint density at radius 1 is 0.309 bits per heavy atom. The first-order valence-electron chi connectivity index (χ1n) is 18.9. The number of nitrogens with zero attached hydrogens (tertiary/aromatic N) is 2. The normalized spacial score (nSPS) is 11.6. The van der Waals surface area contributed by atoms with Crippen molar-refractivity contribution in [3.05, 3.63) is 212 Å². The van der Waals surface area contributed by atoms with Gasteiger partial charge in [0.05, 0.1) is 5.39 Å². The van der Waals surface area contributed by atoms with Gasteiger partial charge < -0.3 is 0 Å². The summed E-state index contributed by atoms with van der Waals surface area (Å²) in [6.45, 7) is 0. The van der Waals surface area contributed by atoms with E-state index in [9.17, 15) is 0 Å². The first kappa shape index (κ1) is 31.3. The lowest BCUT2D eigenvalue weighted by molar-refractivity contribution is -0.672. The molecule has 0 aliphatic heterocycles. The van der Waals surface area contributed by atoms with Crippen LogP contribution in [0.1, 0.15) is 0 Å². The van der Waals surface area contributed by atoms with Crippen molar-refractivity contribution in [1.29, 1.82) is 0 Å². The van der Waals surface area contributed by atoms with Crippen molar-refractivity contribution in [1.82, 2.24) is 4.68 Å². The summed E-state index contributed by atoms with van der Waals surface area (Å²) in [4.78, 5) is 0. The van der Waals surface area contributed by atoms with Crippen molar-refractivity contribution in [2.24, 2.45) is 0 Å². The highest BCUT2D eigenvalue weighted by Crippen LogP contribution is 2.45. The average molecular weight is 700 g/mol. The van der Waals surface area contributed by atoms with E-state index in [0.717, 1.165) is 16.9 Å². The van der Waals surface area contributed by atoms with Gasteiger partial charge >= 0.3 is 0 Å². The molecule has 0 fully saturated rings. The van der Waals surface area contributed by atoms with Gasteiger partial charge in [0, 0.05) is 12.1 Å². The second-order valence-electron chi connectivity index (χ2n) is 14.4. The maximum absolute atomic E-state index is 2.42. The minimum absolute atomic E-state index is 1.11. The second-order valence-corrected chi connectivity index (χ2v) is 14.4. The molecule has 0 radical (unpaired) electrons. The van der Waals surface area contributed by atoms with E-state index in [1.54, 1.807) is 0 Å². The molecule has 0 aliphatic rings. The summed E-state index contributed by atoms with van der Waals surface area (Å²) in [6.07, 6.45) is 2.22. The number of benzene rings is 10. The van der Waals surface area contributed by atoms with Gasteiger partial charge in [0.25, 0.3) is 0 Å². The number of fused-ring (bicyclic) bond motifs is 5. The average Bonchev–Trinajstić information content (AvgIpc) is 3.65. The van der Waals surface area contributed by atoms with Crippen LogP contribution in [0.4, 0.5) is 0 Å². The third-order valence-electron chi connectivity index (χ3n) is 11.2. The maximum Gasteiger partial charge on any atom is 0.236 e. The first-order chi connectivity index (χ1) is 27.3. The van der Waals surface area contributed by atoms with Crippen LogP contribution in [-0.2, 0) is 0 Å². The minimum Gasteiger partial charge on any atom is -0.115 e. The molecule has 0 amide bonds. The van der Waals surface area contributed by atoms with Crippen LogP contribution in [0.15, 0.2) is 212 Å². The van der Waals surface area contributed by atoms with E-state index in [4.69, 9.17) is 0 Å². The lowest BCUT2D eigenvalue weighted by atomic mass is 9.84. The highest BCUT2D eigenvalue weighted by Gasteiger charge is 2.21. The van der Waals surface area contributed by atoms with Crippen molar-refractivity contribution < 1.29 is 4.68 Å². The predicted molar refractivity (Wildman–Crippen MR) is 231 cm³/mol. The van der Waals surface area contributed by atoms with E-state index in [1.807, 2.05) is 0 Å². The Labute approximate surface area is 319 Å². The number of hydrogen-bond donors (Lipinski definition) is 0. The Kier molecular flexibility index (Phi) is 7.21. The first-order valence-corrected chi connectivity index (χ1v) is 18.9. The van der Waals surface area contributed by atoms with Crippen molar-refractivity contribution in [2.75, 3.05) is 0 Å². The number of aromatic nitrogens is 2. The van der Waals surface area contributed by atoms with Gasteiger partial charge in [-0.3, -0.25) is 0 Å². The summed E-state index contributed by atoms with van der Waals surface area (Å²) >= 11 is 0. The minimum atomic E-state index is 1.11. The quantitative estimate of drug-likeness (QED) is 0.125. The van der Waals surface area contributed by atoms with Gasteiger partial charge in [0.15, 0.2) is 0 Å². The summed E-state index contributed by atoms with van der Waals surface area (Å²) in [5.74, 6) is 0.